The van der Waals surface area contributed by atoms with Crippen LogP contribution in [0.3, 0.4) is 0 Å². The van der Waals surface area contributed by atoms with Crippen LogP contribution in [-0.2, 0) is 14.4 Å². The second kappa shape index (κ2) is 6.75. The first kappa shape index (κ1) is 16.7. The number of hydrogen-bond donors (Lipinski definition) is 1. The lowest BCUT2D eigenvalue weighted by Crippen LogP contribution is -2.34. The van der Waals surface area contributed by atoms with Crippen molar-refractivity contribution in [1.82, 2.24) is 14.7 Å². The Balaban J connectivity index is 1.57. The Bertz CT molecular complexity index is 628. The Morgan fingerprint density at radius 1 is 1.25 bits per heavy atom. The molecule has 1 saturated carbocycles. The highest BCUT2D eigenvalue weighted by molar-refractivity contribution is 6.05. The molecule has 1 aromatic heterocycles. The smallest absolute Gasteiger partial charge is 0.233 e. The van der Waals surface area contributed by atoms with E-state index in [1.165, 1.54) is 4.90 Å². The largest absolute Gasteiger partial charge is 0.311 e. The SMILES string of the molecule is CC(C)n1nccc1NC(=O)CCN1C(=O)C2CCCCC2C1=O. The summed E-state index contributed by atoms with van der Waals surface area (Å²) in [5.41, 5.74) is 0. The third-order valence-corrected chi connectivity index (χ3v) is 4.92. The first-order valence-electron chi connectivity index (χ1n) is 8.67. The number of rotatable bonds is 5. The van der Waals surface area contributed by atoms with Crippen LogP contribution >= 0.6 is 0 Å². The fraction of sp³-hybridized carbons (Fsp3) is 0.647. The summed E-state index contributed by atoms with van der Waals surface area (Å²) in [6, 6.07) is 1.87. The summed E-state index contributed by atoms with van der Waals surface area (Å²) >= 11 is 0. The maximum atomic E-state index is 12.4. The Morgan fingerprint density at radius 2 is 1.88 bits per heavy atom. The average Bonchev–Trinajstić information content (AvgIpc) is 3.11. The number of nitrogens with zero attached hydrogens (tertiary/aromatic N) is 3. The molecule has 0 radical (unpaired) electrons. The first-order chi connectivity index (χ1) is 11.5. The number of anilines is 1. The fourth-order valence-corrected chi connectivity index (χ4v) is 3.69. The van der Waals surface area contributed by atoms with Crippen LogP contribution in [0.2, 0.25) is 0 Å². The van der Waals surface area contributed by atoms with Gasteiger partial charge >= 0.3 is 0 Å². The molecule has 3 rings (SSSR count). The zero-order chi connectivity index (χ0) is 17.3. The van der Waals surface area contributed by atoms with E-state index < -0.39 is 0 Å². The summed E-state index contributed by atoms with van der Waals surface area (Å²) in [7, 11) is 0. The van der Waals surface area contributed by atoms with Crippen LogP contribution in [0.1, 0.15) is 52.0 Å². The number of carbonyl (C=O) groups is 3. The van der Waals surface area contributed by atoms with Crippen molar-refractivity contribution >= 4 is 23.5 Å². The van der Waals surface area contributed by atoms with Crippen molar-refractivity contribution in [2.45, 2.75) is 52.0 Å². The monoisotopic (exact) mass is 332 g/mol. The van der Waals surface area contributed by atoms with Crippen molar-refractivity contribution < 1.29 is 14.4 Å². The summed E-state index contributed by atoms with van der Waals surface area (Å²) in [6.07, 6.45) is 5.35. The Labute approximate surface area is 141 Å². The van der Waals surface area contributed by atoms with Crippen molar-refractivity contribution in [3.05, 3.63) is 12.3 Å². The molecule has 1 saturated heterocycles. The van der Waals surface area contributed by atoms with E-state index in [1.807, 2.05) is 13.8 Å². The van der Waals surface area contributed by atoms with E-state index in [-0.39, 0.29) is 48.6 Å². The molecule has 1 N–H and O–H groups in total. The van der Waals surface area contributed by atoms with Gasteiger partial charge in [0.25, 0.3) is 0 Å². The van der Waals surface area contributed by atoms with E-state index in [4.69, 9.17) is 0 Å². The van der Waals surface area contributed by atoms with Gasteiger partial charge in [0.1, 0.15) is 5.82 Å². The molecule has 1 aliphatic heterocycles. The van der Waals surface area contributed by atoms with E-state index in [0.717, 1.165) is 25.7 Å². The zero-order valence-electron chi connectivity index (χ0n) is 14.2. The molecule has 24 heavy (non-hydrogen) atoms. The van der Waals surface area contributed by atoms with Crippen LogP contribution in [0.25, 0.3) is 0 Å². The van der Waals surface area contributed by atoms with Crippen LogP contribution in [0.15, 0.2) is 12.3 Å². The van der Waals surface area contributed by atoms with Crippen LogP contribution in [-0.4, -0.2) is 38.9 Å². The number of hydrogen-bond acceptors (Lipinski definition) is 4. The van der Waals surface area contributed by atoms with Gasteiger partial charge in [-0.2, -0.15) is 5.10 Å². The van der Waals surface area contributed by atoms with E-state index in [9.17, 15) is 14.4 Å². The number of carbonyl (C=O) groups excluding carboxylic acids is 3. The molecule has 2 fully saturated rings. The maximum absolute atomic E-state index is 12.4. The molecule has 7 heteroatoms. The Kier molecular flexibility index (Phi) is 4.69. The highest BCUT2D eigenvalue weighted by atomic mass is 16.2. The normalized spacial score (nSPS) is 23.7. The molecule has 2 atom stereocenters. The molecule has 0 bridgehead atoms. The summed E-state index contributed by atoms with van der Waals surface area (Å²) in [4.78, 5) is 38.2. The fourth-order valence-electron chi connectivity index (χ4n) is 3.69. The van der Waals surface area contributed by atoms with E-state index in [1.54, 1.807) is 16.9 Å². The molecule has 3 amide bonds. The third kappa shape index (κ3) is 3.07. The van der Waals surface area contributed by atoms with Gasteiger partial charge in [0, 0.05) is 25.1 Å². The molecule has 2 unspecified atom stereocenters. The lowest BCUT2D eigenvalue weighted by atomic mass is 9.81. The van der Waals surface area contributed by atoms with Crippen molar-refractivity contribution in [3.63, 3.8) is 0 Å². The molecular formula is C17H24N4O3. The number of imide groups is 1. The molecule has 7 nitrogen and oxygen atoms in total. The van der Waals surface area contributed by atoms with E-state index >= 15 is 0 Å². The topological polar surface area (TPSA) is 84.3 Å². The molecular weight excluding hydrogens is 308 g/mol. The second-order valence-electron chi connectivity index (χ2n) is 6.88. The number of nitrogens with one attached hydrogen (secondary N) is 1. The molecule has 130 valence electrons. The minimum atomic E-state index is -0.215. The minimum Gasteiger partial charge on any atom is -0.311 e. The molecule has 2 heterocycles. The predicted octanol–water partition coefficient (Wildman–Crippen LogP) is 1.97. The van der Waals surface area contributed by atoms with Crippen LogP contribution < -0.4 is 5.32 Å². The van der Waals surface area contributed by atoms with Gasteiger partial charge in [0.05, 0.1) is 18.0 Å². The predicted molar refractivity (Wildman–Crippen MR) is 88.0 cm³/mol. The van der Waals surface area contributed by atoms with Gasteiger partial charge in [0.15, 0.2) is 0 Å². The summed E-state index contributed by atoms with van der Waals surface area (Å²) < 4.78 is 1.72. The van der Waals surface area contributed by atoms with Gasteiger partial charge in [-0.3, -0.25) is 19.3 Å². The number of amides is 3. The quantitative estimate of drug-likeness (QED) is 0.836. The first-order valence-corrected chi connectivity index (χ1v) is 8.67. The van der Waals surface area contributed by atoms with Crippen molar-refractivity contribution in [2.24, 2.45) is 11.8 Å². The molecule has 0 spiro atoms. The van der Waals surface area contributed by atoms with Gasteiger partial charge in [0.2, 0.25) is 17.7 Å². The van der Waals surface area contributed by atoms with Gasteiger partial charge in [-0.15, -0.1) is 0 Å². The minimum absolute atomic E-state index is 0.0928. The van der Waals surface area contributed by atoms with Gasteiger partial charge in [-0.25, -0.2) is 4.68 Å². The van der Waals surface area contributed by atoms with Crippen LogP contribution in [0.4, 0.5) is 5.82 Å². The lowest BCUT2D eigenvalue weighted by Gasteiger charge is -2.19. The highest BCUT2D eigenvalue weighted by Crippen LogP contribution is 2.37. The van der Waals surface area contributed by atoms with E-state index in [0.29, 0.717) is 5.82 Å². The molecule has 1 aliphatic carbocycles. The average molecular weight is 332 g/mol. The van der Waals surface area contributed by atoms with Crippen molar-refractivity contribution in [3.8, 4) is 0 Å². The van der Waals surface area contributed by atoms with Gasteiger partial charge < -0.3 is 5.32 Å². The molecule has 1 aromatic rings. The molecule has 2 aliphatic rings. The Morgan fingerprint density at radius 3 is 2.46 bits per heavy atom. The number of fused-ring (bicyclic) bond motifs is 1. The highest BCUT2D eigenvalue weighted by Gasteiger charge is 2.47. The van der Waals surface area contributed by atoms with Gasteiger partial charge in [-0.05, 0) is 26.7 Å². The third-order valence-electron chi connectivity index (χ3n) is 4.92. The lowest BCUT2D eigenvalue weighted by molar-refractivity contribution is -0.140. The number of aromatic nitrogens is 2. The van der Waals surface area contributed by atoms with Crippen molar-refractivity contribution in [1.29, 1.82) is 0 Å². The summed E-state index contributed by atoms with van der Waals surface area (Å²) in [5, 5.41) is 6.96. The maximum Gasteiger partial charge on any atom is 0.233 e. The van der Waals surface area contributed by atoms with Gasteiger partial charge in [-0.1, -0.05) is 12.8 Å². The van der Waals surface area contributed by atoms with Crippen LogP contribution in [0.5, 0.6) is 0 Å². The second-order valence-corrected chi connectivity index (χ2v) is 6.88. The van der Waals surface area contributed by atoms with Crippen LogP contribution in [0, 0.1) is 11.8 Å². The summed E-state index contributed by atoms with van der Waals surface area (Å²) in [5.74, 6) is -0.0848. The van der Waals surface area contributed by atoms with E-state index in [2.05, 4.69) is 10.4 Å². The molecule has 0 aromatic carbocycles. The zero-order valence-corrected chi connectivity index (χ0v) is 14.2. The summed E-state index contributed by atoms with van der Waals surface area (Å²) in [6.45, 7) is 4.12. The van der Waals surface area contributed by atoms with Crippen molar-refractivity contribution in [2.75, 3.05) is 11.9 Å². The Hall–Kier alpha value is -2.18. The number of likely N-dealkylation sites (tertiary alicyclic amines) is 1. The standard InChI is InChI=1S/C17H24N4O3/c1-11(2)21-14(7-9-18-21)19-15(22)8-10-20-16(23)12-5-3-4-6-13(12)17(20)24/h7,9,11-13H,3-6,8,10H2,1-2H3,(H,19,22).